The highest BCUT2D eigenvalue weighted by molar-refractivity contribution is 7.16. The van der Waals surface area contributed by atoms with Crippen LogP contribution in [0.25, 0.3) is 0 Å². The lowest BCUT2D eigenvalue weighted by molar-refractivity contribution is 0.270. The van der Waals surface area contributed by atoms with Crippen LogP contribution < -0.4 is 5.73 Å². The number of anilines is 1. The van der Waals surface area contributed by atoms with Crippen LogP contribution in [0.15, 0.2) is 0 Å². The molecule has 1 aliphatic carbocycles. The summed E-state index contributed by atoms with van der Waals surface area (Å²) in [4.78, 5) is 1.37. The molecule has 1 heterocycles. The van der Waals surface area contributed by atoms with Crippen LogP contribution in [-0.2, 0) is 11.8 Å². The molecule has 0 spiro atoms. The first-order valence-corrected chi connectivity index (χ1v) is 7.70. The Kier molecular flexibility index (Phi) is 3.68. The van der Waals surface area contributed by atoms with Crippen molar-refractivity contribution in [2.75, 3.05) is 5.73 Å². The van der Waals surface area contributed by atoms with Crippen molar-refractivity contribution in [3.05, 3.63) is 16.0 Å². The van der Waals surface area contributed by atoms with E-state index in [2.05, 4.69) is 26.8 Å². The van der Waals surface area contributed by atoms with Crippen molar-refractivity contribution in [2.24, 2.45) is 5.92 Å². The van der Waals surface area contributed by atoms with Crippen molar-refractivity contribution >= 4 is 16.3 Å². The van der Waals surface area contributed by atoms with Gasteiger partial charge in [0, 0.05) is 4.88 Å². The Morgan fingerprint density at radius 2 is 2.17 bits per heavy atom. The summed E-state index contributed by atoms with van der Waals surface area (Å²) in [6.07, 6.45) is 5.88. The van der Waals surface area contributed by atoms with Crippen molar-refractivity contribution in [3.63, 3.8) is 0 Å². The third-order valence-corrected chi connectivity index (χ3v) is 5.71. The fraction of sp³-hybridized carbons (Fsp3) is 0.667. The number of nitriles is 1. The maximum atomic E-state index is 9.44. The number of fused-ring (bicyclic) bond motifs is 1. The molecule has 2 N–H and O–H groups in total. The van der Waals surface area contributed by atoms with Crippen molar-refractivity contribution < 1.29 is 0 Å². The third-order valence-electron chi connectivity index (χ3n) is 4.63. The predicted molar refractivity (Wildman–Crippen MR) is 77.8 cm³/mol. The van der Waals surface area contributed by atoms with E-state index < -0.39 is 0 Å². The predicted octanol–water partition coefficient (Wildman–Crippen LogP) is 4.23. The molecule has 1 aliphatic rings. The number of nitrogens with two attached hydrogens (primary N) is 1. The third kappa shape index (κ3) is 1.83. The average molecular weight is 262 g/mol. The van der Waals surface area contributed by atoms with E-state index in [-0.39, 0.29) is 5.41 Å². The van der Waals surface area contributed by atoms with E-state index in [4.69, 9.17) is 5.73 Å². The molecule has 1 unspecified atom stereocenters. The summed E-state index contributed by atoms with van der Waals surface area (Å²) < 4.78 is 0. The van der Waals surface area contributed by atoms with Crippen molar-refractivity contribution in [1.29, 1.82) is 5.26 Å². The summed E-state index contributed by atoms with van der Waals surface area (Å²) in [5.74, 6) is 0.556. The van der Waals surface area contributed by atoms with Crippen molar-refractivity contribution in [2.45, 2.75) is 58.3 Å². The quantitative estimate of drug-likeness (QED) is 0.811. The van der Waals surface area contributed by atoms with Gasteiger partial charge in [-0.3, -0.25) is 0 Å². The first-order chi connectivity index (χ1) is 8.56. The van der Waals surface area contributed by atoms with Gasteiger partial charge in [-0.15, -0.1) is 11.3 Å². The smallest absolute Gasteiger partial charge is 0.104 e. The number of hydrogen-bond acceptors (Lipinski definition) is 3. The van der Waals surface area contributed by atoms with Gasteiger partial charge in [0.05, 0.1) is 5.56 Å². The Morgan fingerprint density at radius 3 is 2.72 bits per heavy atom. The number of thiophene rings is 1. The van der Waals surface area contributed by atoms with Gasteiger partial charge in [0.2, 0.25) is 0 Å². The highest BCUT2D eigenvalue weighted by Gasteiger charge is 2.40. The van der Waals surface area contributed by atoms with Gasteiger partial charge in [-0.25, -0.2) is 0 Å². The summed E-state index contributed by atoms with van der Waals surface area (Å²) in [6, 6.07) is 2.36. The standard InChI is InChI=1S/C15H22N2S/c1-4-15(10(2)3)8-6-5-7-12-13(15)11(9-16)14(17)18-12/h10H,4-8,17H2,1-3H3. The zero-order valence-electron chi connectivity index (χ0n) is 11.5. The van der Waals surface area contributed by atoms with Gasteiger partial charge in [-0.1, -0.05) is 27.2 Å². The first kappa shape index (κ1) is 13.4. The highest BCUT2D eigenvalue weighted by atomic mass is 32.1. The van der Waals surface area contributed by atoms with Crippen LogP contribution >= 0.6 is 11.3 Å². The lowest BCUT2D eigenvalue weighted by atomic mass is 9.66. The largest absolute Gasteiger partial charge is 0.389 e. The van der Waals surface area contributed by atoms with Gasteiger partial charge in [-0.05, 0) is 42.6 Å². The maximum absolute atomic E-state index is 9.44. The Balaban J connectivity index is 2.70. The Morgan fingerprint density at radius 1 is 1.44 bits per heavy atom. The molecule has 1 aromatic heterocycles. The minimum absolute atomic E-state index is 0.158. The molecule has 98 valence electrons. The molecule has 2 rings (SSSR count). The van der Waals surface area contributed by atoms with Crippen LogP contribution in [0, 0.1) is 17.2 Å². The number of nitrogens with zero attached hydrogens (tertiary/aromatic N) is 1. The molecule has 2 nitrogen and oxygen atoms in total. The van der Waals surface area contributed by atoms with Crippen LogP contribution in [0.2, 0.25) is 0 Å². The monoisotopic (exact) mass is 262 g/mol. The topological polar surface area (TPSA) is 49.8 Å². The van der Waals surface area contributed by atoms with Crippen LogP contribution in [-0.4, -0.2) is 0 Å². The van der Waals surface area contributed by atoms with Crippen LogP contribution in [0.4, 0.5) is 5.00 Å². The molecule has 0 bridgehead atoms. The van der Waals surface area contributed by atoms with Crippen LogP contribution in [0.3, 0.4) is 0 Å². The summed E-state index contributed by atoms with van der Waals surface area (Å²) >= 11 is 1.65. The van der Waals surface area contributed by atoms with Gasteiger partial charge >= 0.3 is 0 Å². The van der Waals surface area contributed by atoms with Crippen LogP contribution in [0.1, 0.15) is 62.5 Å². The molecule has 0 fully saturated rings. The van der Waals surface area contributed by atoms with Gasteiger partial charge in [0.1, 0.15) is 11.1 Å². The SMILES string of the molecule is CCC1(C(C)C)CCCCc2sc(N)c(C#N)c21. The molecule has 0 aliphatic heterocycles. The second kappa shape index (κ2) is 4.93. The maximum Gasteiger partial charge on any atom is 0.104 e. The van der Waals surface area contributed by atoms with E-state index in [1.807, 2.05) is 0 Å². The summed E-state index contributed by atoms with van der Waals surface area (Å²) in [5.41, 5.74) is 8.28. The first-order valence-electron chi connectivity index (χ1n) is 6.88. The second-order valence-corrected chi connectivity index (χ2v) is 6.76. The molecule has 1 aromatic rings. The Labute approximate surface area is 114 Å². The molecular weight excluding hydrogens is 240 g/mol. The van der Waals surface area contributed by atoms with Crippen LogP contribution in [0.5, 0.6) is 0 Å². The Hall–Kier alpha value is -1.01. The Bertz CT molecular complexity index is 481. The molecule has 0 radical (unpaired) electrons. The molecule has 18 heavy (non-hydrogen) atoms. The van der Waals surface area contributed by atoms with E-state index in [1.165, 1.54) is 29.7 Å². The van der Waals surface area contributed by atoms with E-state index in [0.29, 0.717) is 5.92 Å². The normalized spacial score (nSPS) is 23.5. The number of nitrogen functional groups attached to an aromatic ring is 1. The number of hydrogen-bond donors (Lipinski definition) is 1. The number of aryl methyl sites for hydroxylation is 1. The molecule has 0 saturated carbocycles. The van der Waals surface area contributed by atoms with Gasteiger partial charge in [0.25, 0.3) is 0 Å². The van der Waals surface area contributed by atoms with Gasteiger partial charge < -0.3 is 5.73 Å². The second-order valence-electron chi connectivity index (χ2n) is 5.62. The number of rotatable bonds is 2. The van der Waals surface area contributed by atoms with Gasteiger partial charge in [-0.2, -0.15) is 5.26 Å². The van der Waals surface area contributed by atoms with Crippen molar-refractivity contribution in [3.8, 4) is 6.07 Å². The molecule has 0 amide bonds. The average Bonchev–Trinajstić information content (AvgIpc) is 2.55. The van der Waals surface area contributed by atoms with Crippen molar-refractivity contribution in [1.82, 2.24) is 0 Å². The summed E-state index contributed by atoms with van der Waals surface area (Å²) in [6.45, 7) is 6.82. The minimum Gasteiger partial charge on any atom is -0.389 e. The lowest BCUT2D eigenvalue weighted by Gasteiger charge is -2.37. The fourth-order valence-electron chi connectivity index (χ4n) is 3.50. The fourth-order valence-corrected chi connectivity index (χ4v) is 4.67. The molecule has 1 atom stereocenters. The van der Waals surface area contributed by atoms with E-state index >= 15 is 0 Å². The molecule has 0 saturated heterocycles. The summed E-state index contributed by atoms with van der Waals surface area (Å²) in [7, 11) is 0. The zero-order valence-corrected chi connectivity index (χ0v) is 12.4. The lowest BCUT2D eigenvalue weighted by Crippen LogP contribution is -2.32. The van der Waals surface area contributed by atoms with E-state index in [0.717, 1.165) is 23.4 Å². The molecular formula is C15H22N2S. The van der Waals surface area contributed by atoms with E-state index in [9.17, 15) is 5.26 Å². The van der Waals surface area contributed by atoms with E-state index in [1.54, 1.807) is 11.3 Å². The summed E-state index contributed by atoms with van der Waals surface area (Å²) in [5, 5.41) is 10.2. The zero-order chi connectivity index (χ0) is 13.3. The molecule has 0 aromatic carbocycles. The minimum atomic E-state index is 0.158. The molecule has 3 heteroatoms. The van der Waals surface area contributed by atoms with Gasteiger partial charge in [0.15, 0.2) is 0 Å². The highest BCUT2D eigenvalue weighted by Crippen LogP contribution is 2.49.